The Kier molecular flexibility index (Phi) is 6.68. The molecule has 1 heterocycles. The van der Waals surface area contributed by atoms with E-state index in [9.17, 15) is 4.79 Å². The minimum absolute atomic E-state index is 0.162. The van der Waals surface area contributed by atoms with Gasteiger partial charge in [-0.05, 0) is 38.3 Å². The van der Waals surface area contributed by atoms with Crippen LogP contribution in [-0.2, 0) is 19.0 Å². The standard InChI is InChI=1S/C14H23N3O4/c1-5-14(6-2)20-11(12(21-14)9-16-17-15)8-10(4)13(18)19-7-3/h8,11-12H,5-7,9H2,1-4H3/b10-8+. The molecule has 1 rings (SSSR count). The Morgan fingerprint density at radius 1 is 1.38 bits per heavy atom. The molecule has 0 bridgehead atoms. The lowest BCUT2D eigenvalue weighted by atomic mass is 10.1. The summed E-state index contributed by atoms with van der Waals surface area (Å²) in [5.41, 5.74) is 8.93. The van der Waals surface area contributed by atoms with Crippen LogP contribution in [0.5, 0.6) is 0 Å². The molecule has 1 fully saturated rings. The largest absolute Gasteiger partial charge is 0.463 e. The maximum Gasteiger partial charge on any atom is 0.333 e. The maximum absolute atomic E-state index is 11.7. The smallest absolute Gasteiger partial charge is 0.333 e. The Morgan fingerprint density at radius 3 is 2.57 bits per heavy atom. The number of hydrogen-bond acceptors (Lipinski definition) is 5. The molecule has 1 saturated heterocycles. The quantitative estimate of drug-likeness (QED) is 0.237. The van der Waals surface area contributed by atoms with Crippen molar-refractivity contribution in [2.24, 2.45) is 5.11 Å². The zero-order valence-electron chi connectivity index (χ0n) is 13.0. The van der Waals surface area contributed by atoms with Crippen LogP contribution < -0.4 is 0 Å². The number of rotatable bonds is 7. The van der Waals surface area contributed by atoms with E-state index in [0.717, 1.165) is 0 Å². The summed E-state index contributed by atoms with van der Waals surface area (Å²) >= 11 is 0. The van der Waals surface area contributed by atoms with Gasteiger partial charge in [0.1, 0.15) is 6.10 Å². The normalized spacial score (nSPS) is 24.5. The number of carbonyl (C=O) groups excluding carboxylic acids is 1. The van der Waals surface area contributed by atoms with Crippen LogP contribution >= 0.6 is 0 Å². The molecule has 0 aliphatic carbocycles. The zero-order chi connectivity index (χ0) is 15.9. The molecule has 21 heavy (non-hydrogen) atoms. The van der Waals surface area contributed by atoms with Crippen LogP contribution in [0.4, 0.5) is 0 Å². The fourth-order valence-corrected chi connectivity index (χ4v) is 2.24. The van der Waals surface area contributed by atoms with Gasteiger partial charge in [-0.25, -0.2) is 4.79 Å². The Morgan fingerprint density at radius 2 is 2.05 bits per heavy atom. The van der Waals surface area contributed by atoms with Crippen molar-refractivity contribution in [3.63, 3.8) is 0 Å². The molecule has 7 nitrogen and oxygen atoms in total. The van der Waals surface area contributed by atoms with Gasteiger partial charge in [-0.2, -0.15) is 0 Å². The summed E-state index contributed by atoms with van der Waals surface area (Å²) in [7, 11) is 0. The lowest BCUT2D eigenvalue weighted by molar-refractivity contribution is -0.175. The Balaban J connectivity index is 2.92. The topological polar surface area (TPSA) is 93.5 Å². The summed E-state index contributed by atoms with van der Waals surface area (Å²) in [5.74, 6) is -1.07. The predicted molar refractivity (Wildman–Crippen MR) is 77.5 cm³/mol. The fourth-order valence-electron chi connectivity index (χ4n) is 2.24. The van der Waals surface area contributed by atoms with E-state index < -0.39 is 18.0 Å². The molecule has 0 spiro atoms. The fraction of sp³-hybridized carbons (Fsp3) is 0.786. The molecule has 2 unspecified atom stereocenters. The minimum Gasteiger partial charge on any atom is -0.463 e. The third-order valence-electron chi connectivity index (χ3n) is 3.50. The SMILES string of the molecule is CCOC(=O)/C(C)=C/C1OC(CC)(CC)OC1CN=[N+]=[N-]. The molecule has 0 aromatic heterocycles. The molecule has 0 saturated carbocycles. The van der Waals surface area contributed by atoms with Crippen molar-refractivity contribution in [1.29, 1.82) is 0 Å². The lowest BCUT2D eigenvalue weighted by Crippen LogP contribution is -2.29. The van der Waals surface area contributed by atoms with Gasteiger partial charge in [0.15, 0.2) is 5.79 Å². The van der Waals surface area contributed by atoms with Gasteiger partial charge in [-0.3, -0.25) is 0 Å². The first-order valence-electron chi connectivity index (χ1n) is 7.23. The summed E-state index contributed by atoms with van der Waals surface area (Å²) < 4.78 is 16.8. The average Bonchev–Trinajstić information content (AvgIpc) is 2.84. The van der Waals surface area contributed by atoms with E-state index in [1.807, 2.05) is 13.8 Å². The highest BCUT2D eigenvalue weighted by Gasteiger charge is 2.44. The second-order valence-electron chi connectivity index (χ2n) is 4.84. The molecule has 2 atom stereocenters. The Labute approximate surface area is 124 Å². The van der Waals surface area contributed by atoms with Crippen molar-refractivity contribution in [3.8, 4) is 0 Å². The highest BCUT2D eigenvalue weighted by atomic mass is 16.8. The molecule has 0 aromatic rings. The van der Waals surface area contributed by atoms with Gasteiger partial charge in [0, 0.05) is 10.5 Å². The number of hydrogen-bond donors (Lipinski definition) is 0. The second kappa shape index (κ2) is 8.02. The lowest BCUT2D eigenvalue weighted by Gasteiger charge is -2.24. The first-order valence-corrected chi connectivity index (χ1v) is 7.23. The van der Waals surface area contributed by atoms with Gasteiger partial charge in [0.25, 0.3) is 0 Å². The number of azide groups is 1. The van der Waals surface area contributed by atoms with Gasteiger partial charge in [-0.15, -0.1) is 0 Å². The van der Waals surface area contributed by atoms with E-state index >= 15 is 0 Å². The van der Waals surface area contributed by atoms with Gasteiger partial charge in [-0.1, -0.05) is 19.0 Å². The maximum atomic E-state index is 11.7. The van der Waals surface area contributed by atoms with E-state index in [-0.39, 0.29) is 12.5 Å². The molecule has 0 radical (unpaired) electrons. The van der Waals surface area contributed by atoms with Crippen molar-refractivity contribution >= 4 is 5.97 Å². The molecule has 1 aliphatic rings. The van der Waals surface area contributed by atoms with Gasteiger partial charge >= 0.3 is 5.97 Å². The van der Waals surface area contributed by atoms with Crippen molar-refractivity contribution in [2.75, 3.05) is 13.2 Å². The molecular weight excluding hydrogens is 274 g/mol. The van der Waals surface area contributed by atoms with Crippen molar-refractivity contribution in [2.45, 2.75) is 58.5 Å². The molecule has 1 aliphatic heterocycles. The minimum atomic E-state index is -0.689. The van der Waals surface area contributed by atoms with E-state index in [4.69, 9.17) is 19.7 Å². The summed E-state index contributed by atoms with van der Waals surface area (Å²) in [5, 5.41) is 3.56. The summed E-state index contributed by atoms with van der Waals surface area (Å²) in [4.78, 5) is 14.4. The number of ether oxygens (including phenoxy) is 3. The average molecular weight is 297 g/mol. The highest BCUT2D eigenvalue weighted by molar-refractivity contribution is 5.87. The van der Waals surface area contributed by atoms with Crippen LogP contribution in [0, 0.1) is 0 Å². The van der Waals surface area contributed by atoms with Crippen molar-refractivity contribution in [3.05, 3.63) is 22.1 Å². The number of esters is 1. The van der Waals surface area contributed by atoms with Crippen LogP contribution in [0.3, 0.4) is 0 Å². The van der Waals surface area contributed by atoms with Gasteiger partial charge in [0.2, 0.25) is 0 Å². The van der Waals surface area contributed by atoms with E-state index in [2.05, 4.69) is 10.0 Å². The third kappa shape index (κ3) is 4.46. The monoisotopic (exact) mass is 297 g/mol. The Hall–Kier alpha value is -1.56. The van der Waals surface area contributed by atoms with Gasteiger partial charge in [0.05, 0.1) is 19.3 Å². The third-order valence-corrected chi connectivity index (χ3v) is 3.50. The van der Waals surface area contributed by atoms with E-state index in [1.54, 1.807) is 19.9 Å². The number of carbonyl (C=O) groups is 1. The second-order valence-corrected chi connectivity index (χ2v) is 4.84. The van der Waals surface area contributed by atoms with Crippen molar-refractivity contribution in [1.82, 2.24) is 0 Å². The molecule has 0 amide bonds. The number of nitrogens with zero attached hydrogens (tertiary/aromatic N) is 3. The molecule has 118 valence electrons. The van der Waals surface area contributed by atoms with Crippen LogP contribution in [-0.4, -0.2) is 37.1 Å². The summed E-state index contributed by atoms with van der Waals surface area (Å²) in [6.45, 7) is 7.85. The highest BCUT2D eigenvalue weighted by Crippen LogP contribution is 2.35. The van der Waals surface area contributed by atoms with Crippen LogP contribution in [0.15, 0.2) is 16.8 Å². The molecule has 0 aromatic carbocycles. The van der Waals surface area contributed by atoms with Crippen LogP contribution in [0.2, 0.25) is 0 Å². The summed E-state index contributed by atoms with van der Waals surface area (Å²) in [6, 6.07) is 0. The zero-order valence-corrected chi connectivity index (χ0v) is 13.0. The van der Waals surface area contributed by atoms with Crippen LogP contribution in [0.25, 0.3) is 10.4 Å². The summed E-state index contributed by atoms with van der Waals surface area (Å²) in [6.07, 6.45) is 2.21. The predicted octanol–water partition coefficient (Wildman–Crippen LogP) is 3.11. The molecular formula is C14H23N3O4. The van der Waals surface area contributed by atoms with E-state index in [0.29, 0.717) is 25.0 Å². The van der Waals surface area contributed by atoms with Crippen molar-refractivity contribution < 1.29 is 19.0 Å². The molecule has 0 N–H and O–H groups in total. The first-order chi connectivity index (χ1) is 10.0. The molecule has 7 heteroatoms. The van der Waals surface area contributed by atoms with Crippen LogP contribution in [0.1, 0.15) is 40.5 Å². The Bertz CT molecular complexity index is 440. The van der Waals surface area contributed by atoms with E-state index in [1.165, 1.54) is 0 Å². The van der Waals surface area contributed by atoms with Gasteiger partial charge < -0.3 is 14.2 Å². The first kappa shape index (κ1) is 17.5.